The number of carbonyl (C=O) groups is 2. The Hall–Kier alpha value is -1.98. The van der Waals surface area contributed by atoms with Gasteiger partial charge in [0, 0.05) is 6.20 Å². The molecule has 0 saturated carbocycles. The first-order valence-corrected chi connectivity index (χ1v) is 5.99. The Labute approximate surface area is 111 Å². The Balaban J connectivity index is 2.81. The molecule has 1 aromatic rings. The Kier molecular flexibility index (Phi) is 5.41. The quantitative estimate of drug-likeness (QED) is 0.649. The maximum Gasteiger partial charge on any atom is 0.328 e. The monoisotopic (exact) mass is 268 g/mol. The van der Waals surface area contributed by atoms with Crippen molar-refractivity contribution >= 4 is 11.9 Å². The van der Waals surface area contributed by atoms with Crippen LogP contribution in [-0.2, 0) is 9.53 Å². The van der Waals surface area contributed by atoms with Crippen LogP contribution in [0.1, 0.15) is 30.6 Å². The summed E-state index contributed by atoms with van der Waals surface area (Å²) in [7, 11) is 1.27. The smallest absolute Gasteiger partial charge is 0.328 e. The molecular formula is C13H17FN2O3. The molecule has 1 aromatic heterocycles. The molecule has 0 aliphatic heterocycles. The fourth-order valence-electron chi connectivity index (χ4n) is 1.53. The topological polar surface area (TPSA) is 68.3 Å². The van der Waals surface area contributed by atoms with Gasteiger partial charge in [-0.25, -0.2) is 9.78 Å². The van der Waals surface area contributed by atoms with E-state index in [1.54, 1.807) is 0 Å². The Morgan fingerprint density at radius 2 is 2.16 bits per heavy atom. The summed E-state index contributed by atoms with van der Waals surface area (Å²) in [5, 5.41) is 2.58. The lowest BCUT2D eigenvalue weighted by molar-refractivity contribution is -0.144. The molecule has 6 heteroatoms. The van der Waals surface area contributed by atoms with Gasteiger partial charge >= 0.3 is 5.97 Å². The average molecular weight is 268 g/mol. The minimum Gasteiger partial charge on any atom is -0.467 e. The first-order chi connectivity index (χ1) is 8.99. The van der Waals surface area contributed by atoms with Crippen LogP contribution in [0.5, 0.6) is 0 Å². The second-order valence-corrected chi connectivity index (χ2v) is 4.23. The highest BCUT2D eigenvalue weighted by atomic mass is 19.1. The van der Waals surface area contributed by atoms with E-state index < -0.39 is 23.9 Å². The van der Waals surface area contributed by atoms with E-state index in [1.807, 2.05) is 13.8 Å². The van der Waals surface area contributed by atoms with Crippen molar-refractivity contribution in [3.8, 4) is 0 Å². The zero-order chi connectivity index (χ0) is 14.4. The number of rotatable bonds is 5. The van der Waals surface area contributed by atoms with Crippen LogP contribution in [0.25, 0.3) is 0 Å². The minimum absolute atomic E-state index is 0.0650. The van der Waals surface area contributed by atoms with E-state index in [4.69, 9.17) is 0 Å². The fourth-order valence-corrected chi connectivity index (χ4v) is 1.53. The normalized spacial score (nSPS) is 13.5. The molecule has 0 spiro atoms. The number of amides is 1. The molecule has 0 aliphatic rings. The van der Waals surface area contributed by atoms with Gasteiger partial charge in [0.25, 0.3) is 5.91 Å². The van der Waals surface area contributed by atoms with Crippen LogP contribution in [-0.4, -0.2) is 30.0 Å². The van der Waals surface area contributed by atoms with Crippen LogP contribution >= 0.6 is 0 Å². The van der Waals surface area contributed by atoms with Gasteiger partial charge in [-0.2, -0.15) is 4.39 Å². The van der Waals surface area contributed by atoms with Gasteiger partial charge in [0.05, 0.1) is 12.7 Å². The molecule has 0 fully saturated rings. The SMILES string of the molecule is CCC(C)C(NC(=O)c1ccc(F)nc1)C(=O)OC. The van der Waals surface area contributed by atoms with Crippen LogP contribution in [0.3, 0.4) is 0 Å². The molecule has 5 nitrogen and oxygen atoms in total. The van der Waals surface area contributed by atoms with Gasteiger partial charge in [0.1, 0.15) is 6.04 Å². The van der Waals surface area contributed by atoms with Crippen molar-refractivity contribution in [3.05, 3.63) is 29.8 Å². The van der Waals surface area contributed by atoms with Crippen molar-refractivity contribution in [1.82, 2.24) is 10.3 Å². The number of hydrogen-bond acceptors (Lipinski definition) is 4. The van der Waals surface area contributed by atoms with Crippen LogP contribution in [0.4, 0.5) is 4.39 Å². The molecule has 0 aromatic carbocycles. The van der Waals surface area contributed by atoms with E-state index >= 15 is 0 Å². The van der Waals surface area contributed by atoms with E-state index in [0.717, 1.165) is 12.3 Å². The summed E-state index contributed by atoms with van der Waals surface area (Å²) < 4.78 is 17.3. The summed E-state index contributed by atoms with van der Waals surface area (Å²) in [6, 6.07) is 1.67. The Morgan fingerprint density at radius 1 is 1.47 bits per heavy atom. The van der Waals surface area contributed by atoms with Gasteiger partial charge in [0.15, 0.2) is 0 Å². The maximum atomic E-state index is 12.7. The number of aromatic nitrogens is 1. The third-order valence-electron chi connectivity index (χ3n) is 2.94. The zero-order valence-electron chi connectivity index (χ0n) is 11.1. The van der Waals surface area contributed by atoms with Crippen LogP contribution in [0.15, 0.2) is 18.3 Å². The number of nitrogens with one attached hydrogen (secondary N) is 1. The predicted molar refractivity (Wildman–Crippen MR) is 66.9 cm³/mol. The first kappa shape index (κ1) is 15.1. The summed E-state index contributed by atoms with van der Waals surface area (Å²) in [5.74, 6) is -1.71. The number of pyridine rings is 1. The molecule has 0 bridgehead atoms. The van der Waals surface area contributed by atoms with Gasteiger partial charge in [0.2, 0.25) is 5.95 Å². The highest BCUT2D eigenvalue weighted by molar-refractivity contribution is 5.96. The third kappa shape index (κ3) is 4.01. The second-order valence-electron chi connectivity index (χ2n) is 4.23. The van der Waals surface area contributed by atoms with E-state index in [1.165, 1.54) is 13.2 Å². The number of carbonyl (C=O) groups excluding carboxylic acids is 2. The number of hydrogen-bond donors (Lipinski definition) is 1. The zero-order valence-corrected chi connectivity index (χ0v) is 11.1. The summed E-state index contributed by atoms with van der Waals surface area (Å²) >= 11 is 0. The predicted octanol–water partition coefficient (Wildman–Crippen LogP) is 1.54. The molecule has 0 saturated heterocycles. The van der Waals surface area contributed by atoms with Crippen molar-refractivity contribution in [1.29, 1.82) is 0 Å². The van der Waals surface area contributed by atoms with Crippen molar-refractivity contribution in [3.63, 3.8) is 0 Å². The van der Waals surface area contributed by atoms with E-state index in [0.29, 0.717) is 6.42 Å². The molecule has 1 rings (SSSR count). The Morgan fingerprint density at radius 3 is 2.63 bits per heavy atom. The summed E-state index contributed by atoms with van der Waals surface area (Å²) in [5.41, 5.74) is 0.193. The molecule has 0 aliphatic carbocycles. The number of halogens is 1. The molecule has 2 unspecified atom stereocenters. The summed E-state index contributed by atoms with van der Waals surface area (Å²) in [4.78, 5) is 26.9. The molecular weight excluding hydrogens is 251 g/mol. The van der Waals surface area contributed by atoms with E-state index in [2.05, 4.69) is 15.0 Å². The van der Waals surface area contributed by atoms with Gasteiger partial charge in [-0.1, -0.05) is 20.3 Å². The lowest BCUT2D eigenvalue weighted by atomic mass is 9.99. The van der Waals surface area contributed by atoms with Crippen LogP contribution < -0.4 is 5.32 Å². The van der Waals surface area contributed by atoms with Crippen molar-refractivity contribution in [2.75, 3.05) is 7.11 Å². The summed E-state index contributed by atoms with van der Waals surface area (Å²) in [6.45, 7) is 3.75. The summed E-state index contributed by atoms with van der Waals surface area (Å²) in [6.07, 6.45) is 1.83. The van der Waals surface area contributed by atoms with Crippen molar-refractivity contribution in [2.24, 2.45) is 5.92 Å². The maximum absolute atomic E-state index is 12.7. The molecule has 0 radical (unpaired) electrons. The van der Waals surface area contributed by atoms with Gasteiger partial charge in [-0.05, 0) is 18.1 Å². The van der Waals surface area contributed by atoms with E-state index in [9.17, 15) is 14.0 Å². The lowest BCUT2D eigenvalue weighted by Gasteiger charge is -2.21. The molecule has 1 heterocycles. The van der Waals surface area contributed by atoms with Crippen LogP contribution in [0, 0.1) is 11.9 Å². The molecule has 2 atom stereocenters. The number of esters is 1. The lowest BCUT2D eigenvalue weighted by Crippen LogP contribution is -2.45. The first-order valence-electron chi connectivity index (χ1n) is 5.99. The van der Waals surface area contributed by atoms with Crippen molar-refractivity contribution in [2.45, 2.75) is 26.3 Å². The average Bonchev–Trinajstić information content (AvgIpc) is 2.43. The fraction of sp³-hybridized carbons (Fsp3) is 0.462. The van der Waals surface area contributed by atoms with E-state index in [-0.39, 0.29) is 11.5 Å². The minimum atomic E-state index is -0.729. The second kappa shape index (κ2) is 6.82. The molecule has 19 heavy (non-hydrogen) atoms. The molecule has 1 amide bonds. The Bertz CT molecular complexity index is 448. The van der Waals surface area contributed by atoms with Gasteiger partial charge < -0.3 is 10.1 Å². The van der Waals surface area contributed by atoms with Gasteiger partial charge in [-0.3, -0.25) is 4.79 Å². The number of nitrogens with zero attached hydrogens (tertiary/aromatic N) is 1. The van der Waals surface area contributed by atoms with Crippen molar-refractivity contribution < 1.29 is 18.7 Å². The van der Waals surface area contributed by atoms with Crippen LogP contribution in [0.2, 0.25) is 0 Å². The third-order valence-corrected chi connectivity index (χ3v) is 2.94. The largest absolute Gasteiger partial charge is 0.467 e. The molecule has 1 N–H and O–H groups in total. The highest BCUT2D eigenvalue weighted by Gasteiger charge is 2.27. The number of ether oxygens (including phenoxy) is 1. The molecule has 104 valence electrons. The standard InChI is InChI=1S/C13H17FN2O3/c1-4-8(2)11(13(18)19-3)16-12(17)9-5-6-10(14)15-7-9/h5-8,11H,4H2,1-3H3,(H,16,17). The number of methoxy groups -OCH3 is 1. The van der Waals surface area contributed by atoms with Gasteiger partial charge in [-0.15, -0.1) is 0 Å². The highest BCUT2D eigenvalue weighted by Crippen LogP contribution is 2.10.